The van der Waals surface area contributed by atoms with Gasteiger partial charge in [0.1, 0.15) is 5.82 Å². The second-order valence-electron chi connectivity index (χ2n) is 6.08. The largest absolute Gasteiger partial charge is 0.297 e. The zero-order chi connectivity index (χ0) is 14.2. The molecule has 0 N–H and O–H groups in total. The Morgan fingerprint density at radius 3 is 2.58 bits per heavy atom. The Bertz CT molecular complexity index is 516. The molecular weight excluding hydrogens is 307 g/mol. The predicted molar refractivity (Wildman–Crippen MR) is 77.3 cm³/mol. The Balaban J connectivity index is 2.31. The van der Waals surface area contributed by atoms with Crippen LogP contribution in [0, 0.1) is 23.1 Å². The quantitative estimate of drug-likeness (QED) is 0.782. The second kappa shape index (κ2) is 5.22. The summed E-state index contributed by atoms with van der Waals surface area (Å²) in [4.78, 5) is 2.32. The molecule has 1 heterocycles. The minimum atomic E-state index is -0.255. The molecule has 2 rings (SSSR count). The van der Waals surface area contributed by atoms with Crippen LogP contribution in [0.3, 0.4) is 0 Å². The van der Waals surface area contributed by atoms with E-state index in [9.17, 15) is 9.65 Å². The summed E-state index contributed by atoms with van der Waals surface area (Å²) < 4.78 is 13.9. The first-order chi connectivity index (χ1) is 8.82. The van der Waals surface area contributed by atoms with Crippen LogP contribution in [0.2, 0.25) is 0 Å². The van der Waals surface area contributed by atoms with Crippen molar-refractivity contribution < 1.29 is 4.39 Å². The van der Waals surface area contributed by atoms with Gasteiger partial charge in [0, 0.05) is 29.0 Å². The Hall–Kier alpha value is -0.920. The van der Waals surface area contributed by atoms with Gasteiger partial charge in [-0.2, -0.15) is 5.26 Å². The summed E-state index contributed by atoms with van der Waals surface area (Å²) in [6.07, 6.45) is 0. The first kappa shape index (κ1) is 14.5. The molecule has 1 aromatic carbocycles. The molecule has 1 aliphatic heterocycles. The van der Waals surface area contributed by atoms with Crippen molar-refractivity contribution in [3.8, 4) is 6.07 Å². The SMILES string of the molecule is CC(C)(C)N1C[C@@H](C#N)[C@H](c2ccc(F)cc2Br)C1. The van der Waals surface area contributed by atoms with Crippen LogP contribution >= 0.6 is 15.9 Å². The molecule has 1 aliphatic rings. The maximum absolute atomic E-state index is 13.2. The zero-order valence-electron chi connectivity index (χ0n) is 11.5. The number of nitrogens with zero attached hydrogens (tertiary/aromatic N) is 2. The lowest BCUT2D eigenvalue weighted by Gasteiger charge is -2.31. The molecule has 1 saturated heterocycles. The monoisotopic (exact) mass is 324 g/mol. The van der Waals surface area contributed by atoms with Gasteiger partial charge < -0.3 is 0 Å². The van der Waals surface area contributed by atoms with E-state index in [-0.39, 0.29) is 23.2 Å². The topological polar surface area (TPSA) is 27.0 Å². The Morgan fingerprint density at radius 1 is 1.37 bits per heavy atom. The van der Waals surface area contributed by atoms with Gasteiger partial charge in [-0.05, 0) is 38.5 Å². The van der Waals surface area contributed by atoms with Gasteiger partial charge in [-0.25, -0.2) is 4.39 Å². The molecule has 0 spiro atoms. The second-order valence-corrected chi connectivity index (χ2v) is 6.94. The van der Waals surface area contributed by atoms with Crippen LogP contribution in [0.15, 0.2) is 22.7 Å². The normalized spacial score (nSPS) is 24.4. The van der Waals surface area contributed by atoms with E-state index in [0.29, 0.717) is 0 Å². The highest BCUT2D eigenvalue weighted by molar-refractivity contribution is 9.10. The van der Waals surface area contributed by atoms with Gasteiger partial charge in [0.2, 0.25) is 0 Å². The maximum Gasteiger partial charge on any atom is 0.124 e. The van der Waals surface area contributed by atoms with Crippen molar-refractivity contribution in [3.05, 3.63) is 34.1 Å². The van der Waals surface area contributed by atoms with E-state index in [1.165, 1.54) is 12.1 Å². The van der Waals surface area contributed by atoms with Crippen molar-refractivity contribution in [2.75, 3.05) is 13.1 Å². The number of benzene rings is 1. The molecule has 0 aliphatic carbocycles. The van der Waals surface area contributed by atoms with E-state index >= 15 is 0 Å². The fraction of sp³-hybridized carbons (Fsp3) is 0.533. The highest BCUT2D eigenvalue weighted by Gasteiger charge is 2.39. The van der Waals surface area contributed by atoms with Gasteiger partial charge in [0.25, 0.3) is 0 Å². The van der Waals surface area contributed by atoms with Crippen LogP contribution in [-0.2, 0) is 0 Å². The molecule has 2 nitrogen and oxygen atoms in total. The number of rotatable bonds is 1. The molecule has 102 valence electrons. The van der Waals surface area contributed by atoms with Crippen LogP contribution in [0.25, 0.3) is 0 Å². The van der Waals surface area contributed by atoms with E-state index in [1.807, 2.05) is 0 Å². The minimum Gasteiger partial charge on any atom is -0.297 e. The lowest BCUT2D eigenvalue weighted by molar-refractivity contribution is 0.170. The van der Waals surface area contributed by atoms with Gasteiger partial charge in [-0.15, -0.1) is 0 Å². The first-order valence-electron chi connectivity index (χ1n) is 6.42. The van der Waals surface area contributed by atoms with Crippen molar-refractivity contribution in [1.82, 2.24) is 4.90 Å². The summed E-state index contributed by atoms with van der Waals surface area (Å²) in [5.74, 6) is -0.157. The molecule has 0 aromatic heterocycles. The predicted octanol–water partition coefficient (Wildman–Crippen LogP) is 3.93. The molecule has 19 heavy (non-hydrogen) atoms. The summed E-state index contributed by atoms with van der Waals surface area (Å²) in [5, 5.41) is 9.36. The van der Waals surface area contributed by atoms with E-state index in [0.717, 1.165) is 23.1 Å². The Labute approximate surface area is 122 Å². The van der Waals surface area contributed by atoms with Crippen molar-refractivity contribution in [2.45, 2.75) is 32.2 Å². The van der Waals surface area contributed by atoms with E-state index in [4.69, 9.17) is 0 Å². The third-order valence-electron chi connectivity index (χ3n) is 3.80. The maximum atomic E-state index is 13.2. The molecular formula is C15H18BrFN2. The van der Waals surface area contributed by atoms with Gasteiger partial charge in [0.15, 0.2) is 0 Å². The number of halogens is 2. The summed E-state index contributed by atoms with van der Waals surface area (Å²) in [6, 6.07) is 7.13. The van der Waals surface area contributed by atoms with Crippen LogP contribution in [0.1, 0.15) is 32.3 Å². The molecule has 0 amide bonds. The molecule has 1 fully saturated rings. The summed E-state index contributed by atoms with van der Waals surface area (Å²) in [6.45, 7) is 8.08. The minimum absolute atomic E-state index is 0.0408. The third kappa shape index (κ3) is 2.98. The van der Waals surface area contributed by atoms with Crippen molar-refractivity contribution in [2.24, 2.45) is 5.92 Å². The average Bonchev–Trinajstić information content (AvgIpc) is 2.72. The van der Waals surface area contributed by atoms with Gasteiger partial charge in [-0.3, -0.25) is 4.90 Å². The standard InChI is InChI=1S/C15H18BrFN2/c1-15(2,3)19-8-10(7-18)13(9-19)12-5-4-11(17)6-14(12)16/h4-6,10,13H,8-9H2,1-3H3/t10-,13-/m1/s1. The summed E-state index contributed by atoms with van der Waals surface area (Å²) in [7, 11) is 0. The molecule has 2 atom stereocenters. The number of hydrogen-bond acceptors (Lipinski definition) is 2. The number of likely N-dealkylation sites (tertiary alicyclic amines) is 1. The van der Waals surface area contributed by atoms with E-state index < -0.39 is 0 Å². The third-order valence-corrected chi connectivity index (χ3v) is 4.48. The fourth-order valence-electron chi connectivity index (χ4n) is 2.60. The van der Waals surface area contributed by atoms with Crippen LogP contribution in [0.5, 0.6) is 0 Å². The molecule has 0 bridgehead atoms. The van der Waals surface area contributed by atoms with Crippen molar-refractivity contribution in [3.63, 3.8) is 0 Å². The molecule has 0 saturated carbocycles. The van der Waals surface area contributed by atoms with Crippen LogP contribution in [0.4, 0.5) is 4.39 Å². The molecule has 1 aromatic rings. The average molecular weight is 325 g/mol. The first-order valence-corrected chi connectivity index (χ1v) is 7.22. The lowest BCUT2D eigenvalue weighted by atomic mass is 9.90. The summed E-state index contributed by atoms with van der Waals surface area (Å²) in [5.41, 5.74) is 1.08. The summed E-state index contributed by atoms with van der Waals surface area (Å²) >= 11 is 3.42. The molecule has 0 unspecified atom stereocenters. The highest BCUT2D eigenvalue weighted by atomic mass is 79.9. The molecule has 4 heteroatoms. The lowest BCUT2D eigenvalue weighted by Crippen LogP contribution is -2.39. The molecule has 0 radical (unpaired) electrons. The Morgan fingerprint density at radius 2 is 2.05 bits per heavy atom. The zero-order valence-corrected chi connectivity index (χ0v) is 13.0. The number of nitriles is 1. The van der Waals surface area contributed by atoms with Gasteiger partial charge in [0.05, 0.1) is 12.0 Å². The number of hydrogen-bond donors (Lipinski definition) is 0. The Kier molecular flexibility index (Phi) is 3.98. The van der Waals surface area contributed by atoms with Crippen molar-refractivity contribution in [1.29, 1.82) is 5.26 Å². The highest BCUT2D eigenvalue weighted by Crippen LogP contribution is 2.38. The van der Waals surface area contributed by atoms with Crippen LogP contribution in [-0.4, -0.2) is 23.5 Å². The van der Waals surface area contributed by atoms with E-state index in [2.05, 4.69) is 47.7 Å². The van der Waals surface area contributed by atoms with E-state index in [1.54, 1.807) is 6.07 Å². The van der Waals surface area contributed by atoms with Crippen molar-refractivity contribution >= 4 is 15.9 Å². The van der Waals surface area contributed by atoms with Gasteiger partial charge in [-0.1, -0.05) is 22.0 Å². The van der Waals surface area contributed by atoms with Crippen LogP contribution < -0.4 is 0 Å². The van der Waals surface area contributed by atoms with Gasteiger partial charge >= 0.3 is 0 Å². The fourth-order valence-corrected chi connectivity index (χ4v) is 3.24. The smallest absolute Gasteiger partial charge is 0.124 e.